The summed E-state index contributed by atoms with van der Waals surface area (Å²) in [6, 6.07) is 8.50. The number of aromatic nitrogens is 3. The fourth-order valence-electron chi connectivity index (χ4n) is 1.65. The molecule has 0 aliphatic heterocycles. The first-order valence-electron chi connectivity index (χ1n) is 6.03. The van der Waals surface area contributed by atoms with Crippen molar-refractivity contribution >= 4 is 27.7 Å². The van der Waals surface area contributed by atoms with Gasteiger partial charge in [0.2, 0.25) is 5.89 Å². The summed E-state index contributed by atoms with van der Waals surface area (Å²) in [6.07, 6.45) is 3.34. The van der Waals surface area contributed by atoms with Gasteiger partial charge < -0.3 is 4.42 Å². The molecule has 1 aromatic carbocycles. The van der Waals surface area contributed by atoms with Gasteiger partial charge in [0, 0.05) is 23.7 Å². The zero-order valence-electron chi connectivity index (χ0n) is 10.7. The zero-order valence-corrected chi connectivity index (χ0v) is 13.1. The van der Waals surface area contributed by atoms with Gasteiger partial charge in [-0.1, -0.05) is 17.8 Å². The van der Waals surface area contributed by atoms with Gasteiger partial charge in [0.1, 0.15) is 5.82 Å². The third-order valence-electron chi connectivity index (χ3n) is 2.68. The highest BCUT2D eigenvalue weighted by atomic mass is 79.9. The quantitative estimate of drug-likeness (QED) is 0.644. The average molecular weight is 366 g/mol. The number of nitrogens with zero attached hydrogens (tertiary/aromatic N) is 3. The molecular formula is C14H9BrFN3OS. The van der Waals surface area contributed by atoms with Crippen LogP contribution in [0.15, 0.2) is 56.8 Å². The Morgan fingerprint density at radius 3 is 2.71 bits per heavy atom. The molecule has 3 rings (SSSR count). The summed E-state index contributed by atoms with van der Waals surface area (Å²) in [4.78, 5) is 3.94. The van der Waals surface area contributed by atoms with Crippen molar-refractivity contribution in [2.24, 2.45) is 0 Å². The maximum atomic E-state index is 13.2. The van der Waals surface area contributed by atoms with Crippen molar-refractivity contribution in [2.45, 2.75) is 11.0 Å². The molecule has 2 heterocycles. The van der Waals surface area contributed by atoms with Crippen molar-refractivity contribution < 1.29 is 8.81 Å². The van der Waals surface area contributed by atoms with E-state index in [0.717, 1.165) is 11.1 Å². The summed E-state index contributed by atoms with van der Waals surface area (Å²) < 4.78 is 19.2. The molecule has 0 spiro atoms. The minimum atomic E-state index is -0.276. The molecule has 2 aromatic heterocycles. The highest BCUT2D eigenvalue weighted by Gasteiger charge is 2.09. The lowest BCUT2D eigenvalue weighted by molar-refractivity contribution is 0.466. The van der Waals surface area contributed by atoms with Crippen LogP contribution < -0.4 is 0 Å². The van der Waals surface area contributed by atoms with Crippen molar-refractivity contribution in [1.82, 2.24) is 15.2 Å². The predicted octanol–water partition coefficient (Wildman–Crippen LogP) is 4.33. The number of hydrogen-bond acceptors (Lipinski definition) is 5. The van der Waals surface area contributed by atoms with Crippen molar-refractivity contribution in [3.8, 4) is 11.5 Å². The van der Waals surface area contributed by atoms with Gasteiger partial charge in [0.25, 0.3) is 5.22 Å². The second-order valence-electron chi connectivity index (χ2n) is 4.15. The van der Waals surface area contributed by atoms with Gasteiger partial charge in [0.05, 0.1) is 4.47 Å². The molecule has 3 aromatic rings. The molecule has 0 atom stereocenters. The molecular weight excluding hydrogens is 357 g/mol. The Balaban J connectivity index is 1.69. The molecule has 106 valence electrons. The van der Waals surface area contributed by atoms with Crippen LogP contribution in [-0.2, 0) is 5.75 Å². The van der Waals surface area contributed by atoms with Gasteiger partial charge in [-0.15, -0.1) is 10.2 Å². The summed E-state index contributed by atoms with van der Waals surface area (Å²) >= 11 is 4.57. The van der Waals surface area contributed by atoms with E-state index in [1.807, 2.05) is 0 Å². The molecule has 0 bridgehead atoms. The van der Waals surface area contributed by atoms with Crippen LogP contribution in [0.25, 0.3) is 11.5 Å². The van der Waals surface area contributed by atoms with Crippen molar-refractivity contribution in [3.63, 3.8) is 0 Å². The fraction of sp³-hybridized carbons (Fsp3) is 0.0714. The second-order valence-corrected chi connectivity index (χ2v) is 5.93. The van der Waals surface area contributed by atoms with Gasteiger partial charge in [-0.2, -0.15) is 0 Å². The second kappa shape index (κ2) is 6.36. The Kier molecular flexibility index (Phi) is 4.31. The standard InChI is InChI=1S/C14H9BrFN3OS/c15-11-7-9(1-2-12(11)16)8-21-14-19-18-13(20-14)10-3-5-17-6-4-10/h1-7H,8H2. The Morgan fingerprint density at radius 2 is 1.95 bits per heavy atom. The monoisotopic (exact) mass is 365 g/mol. The van der Waals surface area contributed by atoms with E-state index in [1.54, 1.807) is 36.7 Å². The molecule has 0 amide bonds. The number of thioether (sulfide) groups is 1. The Hall–Kier alpha value is -1.73. The highest BCUT2D eigenvalue weighted by Crippen LogP contribution is 2.26. The van der Waals surface area contributed by atoms with Crippen LogP contribution in [0.3, 0.4) is 0 Å². The SMILES string of the molecule is Fc1ccc(CSc2nnc(-c3ccncc3)o2)cc1Br. The zero-order chi connectivity index (χ0) is 14.7. The number of halogens is 2. The third-order valence-corrected chi connectivity index (χ3v) is 4.18. The summed E-state index contributed by atoms with van der Waals surface area (Å²) in [7, 11) is 0. The van der Waals surface area contributed by atoms with E-state index >= 15 is 0 Å². The van der Waals surface area contributed by atoms with Crippen molar-refractivity contribution in [3.05, 3.63) is 58.6 Å². The van der Waals surface area contributed by atoms with E-state index in [1.165, 1.54) is 17.8 Å². The largest absolute Gasteiger partial charge is 0.411 e. The maximum absolute atomic E-state index is 13.2. The van der Waals surface area contributed by atoms with Crippen LogP contribution in [0, 0.1) is 5.82 Å². The van der Waals surface area contributed by atoms with Gasteiger partial charge in [-0.25, -0.2) is 4.39 Å². The molecule has 4 nitrogen and oxygen atoms in total. The molecule has 7 heteroatoms. The van der Waals surface area contributed by atoms with Crippen molar-refractivity contribution in [2.75, 3.05) is 0 Å². The summed E-state index contributed by atoms with van der Waals surface area (Å²) in [5.74, 6) is 0.804. The molecule has 21 heavy (non-hydrogen) atoms. The Morgan fingerprint density at radius 1 is 1.14 bits per heavy atom. The number of benzene rings is 1. The van der Waals surface area contributed by atoms with Crippen LogP contribution in [0.4, 0.5) is 4.39 Å². The maximum Gasteiger partial charge on any atom is 0.277 e. The lowest BCUT2D eigenvalue weighted by atomic mass is 10.2. The third kappa shape index (κ3) is 3.48. The van der Waals surface area contributed by atoms with Crippen molar-refractivity contribution in [1.29, 1.82) is 0 Å². The van der Waals surface area contributed by atoms with E-state index in [9.17, 15) is 4.39 Å². The first-order chi connectivity index (χ1) is 10.2. The summed E-state index contributed by atoms with van der Waals surface area (Å²) in [5.41, 5.74) is 1.80. The van der Waals surface area contributed by atoms with E-state index in [2.05, 4.69) is 31.1 Å². The summed E-state index contributed by atoms with van der Waals surface area (Å²) in [5, 5.41) is 8.46. The van der Waals surface area contributed by atoms with Crippen LogP contribution >= 0.6 is 27.7 Å². The lowest BCUT2D eigenvalue weighted by Gasteiger charge is -2.00. The molecule has 0 fully saturated rings. The van der Waals surface area contributed by atoms with Crippen LogP contribution in [0.2, 0.25) is 0 Å². The molecule has 0 radical (unpaired) electrons. The molecule has 0 aliphatic rings. The summed E-state index contributed by atoms with van der Waals surface area (Å²) in [6.45, 7) is 0. The number of hydrogen-bond donors (Lipinski definition) is 0. The number of pyridine rings is 1. The molecule has 0 unspecified atom stereocenters. The van der Waals surface area contributed by atoms with Crippen LogP contribution in [-0.4, -0.2) is 15.2 Å². The van der Waals surface area contributed by atoms with Crippen LogP contribution in [0.1, 0.15) is 5.56 Å². The Bertz CT molecular complexity index is 751. The molecule has 0 saturated heterocycles. The first kappa shape index (κ1) is 14.2. The first-order valence-corrected chi connectivity index (χ1v) is 7.81. The normalized spacial score (nSPS) is 10.8. The van der Waals surface area contributed by atoms with E-state index in [-0.39, 0.29) is 5.82 Å². The van der Waals surface area contributed by atoms with E-state index in [4.69, 9.17) is 4.42 Å². The van der Waals surface area contributed by atoms with E-state index in [0.29, 0.717) is 21.3 Å². The highest BCUT2D eigenvalue weighted by molar-refractivity contribution is 9.10. The predicted molar refractivity (Wildman–Crippen MR) is 81.2 cm³/mol. The minimum absolute atomic E-state index is 0.276. The topological polar surface area (TPSA) is 51.8 Å². The molecule has 0 N–H and O–H groups in total. The molecule has 0 aliphatic carbocycles. The van der Waals surface area contributed by atoms with Gasteiger partial charge >= 0.3 is 0 Å². The fourth-order valence-corrected chi connectivity index (χ4v) is 2.79. The smallest absolute Gasteiger partial charge is 0.277 e. The van der Waals surface area contributed by atoms with E-state index < -0.39 is 0 Å². The van der Waals surface area contributed by atoms with Gasteiger partial charge in [-0.05, 0) is 45.8 Å². The lowest BCUT2D eigenvalue weighted by Crippen LogP contribution is -1.84. The van der Waals surface area contributed by atoms with Crippen LogP contribution in [0.5, 0.6) is 0 Å². The minimum Gasteiger partial charge on any atom is -0.411 e. The molecule has 0 saturated carbocycles. The number of rotatable bonds is 4. The average Bonchev–Trinajstić information content (AvgIpc) is 2.98. The Labute approximate surface area is 132 Å². The van der Waals surface area contributed by atoms with Gasteiger partial charge in [-0.3, -0.25) is 4.98 Å². The van der Waals surface area contributed by atoms with Gasteiger partial charge in [0.15, 0.2) is 0 Å².